The molecule has 130 valence electrons. The zero-order chi connectivity index (χ0) is 17.6. The molecule has 6 heteroatoms. The van der Waals surface area contributed by atoms with Gasteiger partial charge < -0.3 is 9.84 Å². The summed E-state index contributed by atoms with van der Waals surface area (Å²) in [4.78, 5) is 37.6. The van der Waals surface area contributed by atoms with Crippen molar-refractivity contribution in [2.24, 2.45) is 23.7 Å². The van der Waals surface area contributed by atoms with Gasteiger partial charge in [-0.3, -0.25) is 19.3 Å². The molecule has 2 amide bonds. The lowest BCUT2D eigenvalue weighted by atomic mass is 9.80. The van der Waals surface area contributed by atoms with Gasteiger partial charge in [0.15, 0.2) is 0 Å². The molecule has 2 bridgehead atoms. The summed E-state index contributed by atoms with van der Waals surface area (Å²) in [5.74, 6) is -0.737. The Morgan fingerprint density at radius 2 is 1.92 bits per heavy atom. The van der Waals surface area contributed by atoms with Crippen LogP contribution in [0.4, 0.5) is 0 Å². The van der Waals surface area contributed by atoms with E-state index in [0.717, 1.165) is 6.42 Å². The molecule has 1 heterocycles. The standard InChI is InChI=1S/C18H23NO5/c1-9(5-4-6-10(2)24-11(3)20)19-17(22)15-12-7-13(14(21)8-12)16(15)18(19)23/h4-6,9,12-16,21H,7-8H2,1-3H3/b5-4-,10-6+. The van der Waals surface area contributed by atoms with Crippen molar-refractivity contribution in [1.82, 2.24) is 4.90 Å². The summed E-state index contributed by atoms with van der Waals surface area (Å²) < 4.78 is 4.90. The van der Waals surface area contributed by atoms with Crippen LogP contribution < -0.4 is 0 Å². The van der Waals surface area contributed by atoms with E-state index in [1.165, 1.54) is 11.8 Å². The number of rotatable bonds is 4. The van der Waals surface area contributed by atoms with Gasteiger partial charge in [0.2, 0.25) is 11.8 Å². The van der Waals surface area contributed by atoms with Gasteiger partial charge in [-0.2, -0.15) is 0 Å². The van der Waals surface area contributed by atoms with Crippen LogP contribution in [-0.4, -0.2) is 39.9 Å². The Balaban J connectivity index is 1.70. The van der Waals surface area contributed by atoms with Crippen molar-refractivity contribution < 1.29 is 24.2 Å². The molecule has 0 aromatic heterocycles. The lowest BCUT2D eigenvalue weighted by Crippen LogP contribution is -2.39. The zero-order valence-corrected chi connectivity index (χ0v) is 14.1. The second-order valence-electron chi connectivity index (χ2n) is 7.06. The van der Waals surface area contributed by atoms with E-state index in [2.05, 4.69) is 0 Å². The highest BCUT2D eigenvalue weighted by molar-refractivity contribution is 6.06. The third kappa shape index (κ3) is 2.69. The van der Waals surface area contributed by atoms with E-state index >= 15 is 0 Å². The van der Waals surface area contributed by atoms with Crippen LogP contribution in [0.1, 0.15) is 33.6 Å². The minimum absolute atomic E-state index is 0.0660. The molecular formula is C18H23NO5. The number of allylic oxidation sites excluding steroid dienone is 3. The van der Waals surface area contributed by atoms with Gasteiger partial charge in [0.25, 0.3) is 0 Å². The zero-order valence-electron chi connectivity index (χ0n) is 14.1. The van der Waals surface area contributed by atoms with E-state index in [1.807, 2.05) is 0 Å². The Bertz CT molecular complexity index is 637. The van der Waals surface area contributed by atoms with Gasteiger partial charge in [-0.05, 0) is 44.6 Å². The van der Waals surface area contributed by atoms with E-state index in [1.54, 1.807) is 32.1 Å². The highest BCUT2D eigenvalue weighted by Gasteiger charge is 2.64. The van der Waals surface area contributed by atoms with Gasteiger partial charge in [0, 0.05) is 6.92 Å². The Kier molecular flexibility index (Phi) is 4.34. The summed E-state index contributed by atoms with van der Waals surface area (Å²) in [6.07, 6.45) is 6.01. The number of nitrogens with zero attached hydrogens (tertiary/aromatic N) is 1. The third-order valence-corrected chi connectivity index (χ3v) is 5.45. The number of ether oxygens (including phenoxy) is 1. The number of esters is 1. The van der Waals surface area contributed by atoms with Crippen LogP contribution in [0.15, 0.2) is 24.0 Å². The quantitative estimate of drug-likeness (QED) is 0.364. The predicted octanol–water partition coefficient (Wildman–Crippen LogP) is 1.40. The molecule has 6 nitrogen and oxygen atoms in total. The highest BCUT2D eigenvalue weighted by atomic mass is 16.5. The first-order valence-electron chi connectivity index (χ1n) is 8.39. The molecule has 3 rings (SSSR count). The number of likely N-dealkylation sites (tertiary alicyclic amines) is 1. The number of carbonyl (C=O) groups is 3. The molecule has 3 fully saturated rings. The molecule has 0 aromatic rings. The molecule has 0 spiro atoms. The summed E-state index contributed by atoms with van der Waals surface area (Å²) in [5, 5.41) is 10.0. The van der Waals surface area contributed by atoms with Crippen LogP contribution in [0.3, 0.4) is 0 Å². The topological polar surface area (TPSA) is 83.9 Å². The summed E-state index contributed by atoms with van der Waals surface area (Å²) in [6, 6.07) is -0.367. The molecule has 2 aliphatic carbocycles. The van der Waals surface area contributed by atoms with Crippen LogP contribution in [-0.2, 0) is 19.1 Å². The minimum atomic E-state index is -0.451. The Hall–Kier alpha value is -1.95. The van der Waals surface area contributed by atoms with Crippen LogP contribution in [0.25, 0.3) is 0 Å². The molecule has 0 radical (unpaired) electrons. The maximum absolute atomic E-state index is 12.7. The number of amides is 2. The van der Waals surface area contributed by atoms with Crippen molar-refractivity contribution in [2.45, 2.75) is 45.8 Å². The number of aliphatic hydroxyl groups is 1. The second-order valence-corrected chi connectivity index (χ2v) is 7.06. The van der Waals surface area contributed by atoms with E-state index in [0.29, 0.717) is 12.2 Å². The molecular weight excluding hydrogens is 310 g/mol. The molecule has 2 saturated carbocycles. The monoisotopic (exact) mass is 333 g/mol. The molecule has 24 heavy (non-hydrogen) atoms. The molecule has 1 aliphatic heterocycles. The number of hydrogen-bond acceptors (Lipinski definition) is 5. The molecule has 1 N–H and O–H groups in total. The van der Waals surface area contributed by atoms with Gasteiger partial charge >= 0.3 is 5.97 Å². The Labute approximate surface area is 141 Å². The SMILES string of the molecule is CC(=O)O/C(C)=C/C=C\C(C)N1C(=O)C2C3CC(O)C(C3)C2C1=O. The second kappa shape index (κ2) is 6.16. The average Bonchev–Trinajstić information content (AvgIpc) is 3.09. The summed E-state index contributed by atoms with van der Waals surface area (Å²) in [6.45, 7) is 4.78. The smallest absolute Gasteiger partial charge is 0.307 e. The van der Waals surface area contributed by atoms with Crippen LogP contribution in [0, 0.1) is 23.7 Å². The summed E-state index contributed by atoms with van der Waals surface area (Å²) in [5.41, 5.74) is 0. The van der Waals surface area contributed by atoms with Gasteiger partial charge in [-0.25, -0.2) is 0 Å². The summed E-state index contributed by atoms with van der Waals surface area (Å²) in [7, 11) is 0. The fourth-order valence-corrected chi connectivity index (χ4v) is 4.55. The van der Waals surface area contributed by atoms with Crippen LogP contribution >= 0.6 is 0 Å². The van der Waals surface area contributed by atoms with Crippen molar-refractivity contribution in [3.05, 3.63) is 24.0 Å². The summed E-state index contributed by atoms with van der Waals surface area (Å²) >= 11 is 0. The maximum Gasteiger partial charge on any atom is 0.307 e. The fourth-order valence-electron chi connectivity index (χ4n) is 4.55. The third-order valence-electron chi connectivity index (χ3n) is 5.45. The van der Waals surface area contributed by atoms with Gasteiger partial charge in [-0.15, -0.1) is 0 Å². The number of aliphatic hydroxyl groups excluding tert-OH is 1. The Morgan fingerprint density at radius 3 is 2.58 bits per heavy atom. The van der Waals surface area contributed by atoms with Crippen molar-refractivity contribution in [2.75, 3.05) is 0 Å². The fraction of sp³-hybridized carbons (Fsp3) is 0.611. The molecule has 0 aromatic carbocycles. The van der Waals surface area contributed by atoms with Gasteiger partial charge in [-0.1, -0.05) is 12.2 Å². The molecule has 6 atom stereocenters. The number of carbonyl (C=O) groups excluding carboxylic acids is 3. The number of fused-ring (bicyclic) bond motifs is 5. The first-order valence-corrected chi connectivity index (χ1v) is 8.39. The average molecular weight is 333 g/mol. The lowest BCUT2D eigenvalue weighted by Gasteiger charge is -2.24. The Morgan fingerprint density at radius 1 is 1.25 bits per heavy atom. The van der Waals surface area contributed by atoms with Gasteiger partial charge in [0.05, 0.1) is 24.0 Å². The largest absolute Gasteiger partial charge is 0.432 e. The minimum Gasteiger partial charge on any atom is -0.432 e. The first kappa shape index (κ1) is 16.9. The highest BCUT2D eigenvalue weighted by Crippen LogP contribution is 2.56. The van der Waals surface area contributed by atoms with Gasteiger partial charge in [0.1, 0.15) is 5.76 Å². The number of hydrogen-bond donors (Lipinski definition) is 1. The lowest BCUT2D eigenvalue weighted by molar-refractivity contribution is -0.142. The van der Waals surface area contributed by atoms with E-state index in [9.17, 15) is 19.5 Å². The molecule has 6 unspecified atom stereocenters. The molecule has 3 aliphatic rings. The van der Waals surface area contributed by atoms with E-state index in [-0.39, 0.29) is 41.5 Å². The van der Waals surface area contributed by atoms with E-state index < -0.39 is 12.1 Å². The van der Waals surface area contributed by atoms with Crippen molar-refractivity contribution in [3.63, 3.8) is 0 Å². The normalized spacial score (nSPS) is 36.6. The predicted molar refractivity (Wildman–Crippen MR) is 85.2 cm³/mol. The first-order chi connectivity index (χ1) is 11.3. The van der Waals surface area contributed by atoms with Crippen LogP contribution in [0.2, 0.25) is 0 Å². The van der Waals surface area contributed by atoms with Crippen molar-refractivity contribution in [3.8, 4) is 0 Å². The molecule has 1 saturated heterocycles. The van der Waals surface area contributed by atoms with Crippen molar-refractivity contribution >= 4 is 17.8 Å². The van der Waals surface area contributed by atoms with Crippen molar-refractivity contribution in [1.29, 1.82) is 0 Å². The van der Waals surface area contributed by atoms with Crippen LogP contribution in [0.5, 0.6) is 0 Å². The number of imide groups is 1. The maximum atomic E-state index is 12.7. The van der Waals surface area contributed by atoms with E-state index in [4.69, 9.17) is 4.74 Å².